The van der Waals surface area contributed by atoms with Crippen molar-refractivity contribution in [3.8, 4) is 11.8 Å². The van der Waals surface area contributed by atoms with Crippen molar-refractivity contribution in [2.75, 3.05) is 0 Å². The molecule has 0 unspecified atom stereocenters. The molecule has 0 saturated carbocycles. The van der Waals surface area contributed by atoms with Crippen molar-refractivity contribution in [2.45, 2.75) is 0 Å². The Morgan fingerprint density at radius 3 is 2.81 bits per heavy atom. The second kappa shape index (κ2) is 4.75. The van der Waals surface area contributed by atoms with E-state index >= 15 is 0 Å². The summed E-state index contributed by atoms with van der Waals surface area (Å²) in [6.07, 6.45) is 1.88. The number of hydrogen-bond acceptors (Lipinski definition) is 4. The highest BCUT2D eigenvalue weighted by molar-refractivity contribution is 6.35. The van der Waals surface area contributed by atoms with Gasteiger partial charge in [-0.25, -0.2) is 0 Å². The number of fused-ring (bicyclic) bond motifs is 2. The van der Waals surface area contributed by atoms with Gasteiger partial charge >= 0.3 is 6.08 Å². The quantitative estimate of drug-likeness (QED) is 0.532. The minimum atomic E-state index is 0.186. The van der Waals surface area contributed by atoms with Crippen LogP contribution in [-0.4, -0.2) is 9.97 Å². The first-order chi connectivity index (χ1) is 10.3. The van der Waals surface area contributed by atoms with E-state index in [0.717, 1.165) is 10.9 Å². The van der Waals surface area contributed by atoms with Crippen LogP contribution in [0.1, 0.15) is 0 Å². The second-order valence-electron chi connectivity index (χ2n) is 4.49. The van der Waals surface area contributed by atoms with E-state index in [1.54, 1.807) is 18.3 Å². The van der Waals surface area contributed by atoms with Crippen LogP contribution in [0.3, 0.4) is 0 Å². The average Bonchev–Trinajstić information content (AvgIpc) is 2.93. The van der Waals surface area contributed by atoms with Crippen molar-refractivity contribution in [1.29, 1.82) is 0 Å². The maximum Gasteiger partial charge on any atom is 0.400 e. The van der Waals surface area contributed by atoms with Gasteiger partial charge in [0.1, 0.15) is 11.0 Å². The Morgan fingerprint density at radius 2 is 1.90 bits per heavy atom. The van der Waals surface area contributed by atoms with Crippen LogP contribution in [0.15, 0.2) is 59.1 Å². The molecule has 0 aliphatic heterocycles. The zero-order valence-electron chi connectivity index (χ0n) is 10.8. The first-order valence-corrected chi connectivity index (χ1v) is 6.76. The topological polar surface area (TPSA) is 48.2 Å². The highest BCUT2D eigenvalue weighted by Gasteiger charge is 2.11. The third kappa shape index (κ3) is 2.10. The smallest absolute Gasteiger partial charge is 0.400 e. The van der Waals surface area contributed by atoms with Gasteiger partial charge in [-0.05, 0) is 36.4 Å². The monoisotopic (exact) mass is 296 g/mol. The van der Waals surface area contributed by atoms with Crippen LogP contribution in [0, 0.1) is 0 Å². The van der Waals surface area contributed by atoms with Gasteiger partial charge in [0.2, 0.25) is 0 Å². The van der Waals surface area contributed by atoms with E-state index in [1.165, 1.54) is 0 Å². The SMILES string of the molecule is Clc1ccc(Oc2nc3ccccc3o2)c2ncccc12. The molecule has 4 aromatic rings. The molecule has 2 heterocycles. The number of rotatable bonds is 2. The van der Waals surface area contributed by atoms with Gasteiger partial charge in [0.25, 0.3) is 0 Å². The van der Waals surface area contributed by atoms with Crippen LogP contribution in [0.25, 0.3) is 22.0 Å². The predicted molar refractivity (Wildman–Crippen MR) is 80.8 cm³/mol. The van der Waals surface area contributed by atoms with Crippen molar-refractivity contribution in [3.05, 3.63) is 59.8 Å². The summed E-state index contributed by atoms with van der Waals surface area (Å²) in [5, 5.41) is 1.45. The fourth-order valence-corrected chi connectivity index (χ4v) is 2.40. The first kappa shape index (κ1) is 12.2. The molecule has 0 fully saturated rings. The molecular formula is C16H9ClN2O2. The summed E-state index contributed by atoms with van der Waals surface area (Å²) in [5.41, 5.74) is 2.10. The third-order valence-corrected chi connectivity index (χ3v) is 3.48. The average molecular weight is 297 g/mol. The Balaban J connectivity index is 1.82. The van der Waals surface area contributed by atoms with Gasteiger partial charge in [-0.2, -0.15) is 4.98 Å². The Kier molecular flexibility index (Phi) is 2.75. The van der Waals surface area contributed by atoms with Crippen LogP contribution in [0.4, 0.5) is 0 Å². The maximum absolute atomic E-state index is 6.16. The highest BCUT2D eigenvalue weighted by atomic mass is 35.5. The normalized spacial score (nSPS) is 11.1. The molecule has 5 heteroatoms. The van der Waals surface area contributed by atoms with Gasteiger partial charge in [-0.1, -0.05) is 23.7 Å². The van der Waals surface area contributed by atoms with Gasteiger partial charge in [-0.15, -0.1) is 0 Å². The minimum Gasteiger partial charge on any atom is -0.409 e. The number of pyridine rings is 1. The Morgan fingerprint density at radius 1 is 1.00 bits per heavy atom. The Labute approximate surface area is 125 Å². The zero-order valence-corrected chi connectivity index (χ0v) is 11.5. The minimum absolute atomic E-state index is 0.186. The lowest BCUT2D eigenvalue weighted by atomic mass is 10.2. The molecule has 0 saturated heterocycles. The Hall–Kier alpha value is -2.59. The summed E-state index contributed by atoms with van der Waals surface area (Å²) in [7, 11) is 0. The van der Waals surface area contributed by atoms with Crippen LogP contribution in [-0.2, 0) is 0 Å². The van der Waals surface area contributed by atoms with E-state index in [1.807, 2.05) is 36.4 Å². The standard InChI is InChI=1S/C16H9ClN2O2/c17-11-7-8-14(15-10(11)4-3-9-18-15)21-16-19-12-5-1-2-6-13(12)20-16/h1-9H. The highest BCUT2D eigenvalue weighted by Crippen LogP contribution is 2.33. The molecule has 4 rings (SSSR count). The summed E-state index contributed by atoms with van der Waals surface area (Å²) < 4.78 is 11.3. The summed E-state index contributed by atoms with van der Waals surface area (Å²) in [5.74, 6) is 0.557. The third-order valence-electron chi connectivity index (χ3n) is 3.15. The predicted octanol–water partition coefficient (Wildman–Crippen LogP) is 4.82. The molecule has 0 atom stereocenters. The van der Waals surface area contributed by atoms with Crippen molar-refractivity contribution in [2.24, 2.45) is 0 Å². The maximum atomic E-state index is 6.16. The molecular weight excluding hydrogens is 288 g/mol. The van der Waals surface area contributed by atoms with E-state index < -0.39 is 0 Å². The van der Waals surface area contributed by atoms with E-state index in [0.29, 0.717) is 21.9 Å². The molecule has 2 aromatic carbocycles. The van der Waals surface area contributed by atoms with Crippen molar-refractivity contribution in [3.63, 3.8) is 0 Å². The summed E-state index contributed by atoms with van der Waals surface area (Å²) in [6.45, 7) is 0. The molecule has 0 aliphatic rings. The van der Waals surface area contributed by atoms with E-state index in [-0.39, 0.29) is 6.08 Å². The molecule has 2 aromatic heterocycles. The molecule has 0 radical (unpaired) electrons. The number of aromatic nitrogens is 2. The molecule has 0 bridgehead atoms. The summed E-state index contributed by atoms with van der Waals surface area (Å²) >= 11 is 6.16. The fourth-order valence-electron chi connectivity index (χ4n) is 2.18. The number of benzene rings is 2. The second-order valence-corrected chi connectivity index (χ2v) is 4.90. The number of para-hydroxylation sites is 2. The van der Waals surface area contributed by atoms with Gasteiger partial charge < -0.3 is 9.15 Å². The van der Waals surface area contributed by atoms with Gasteiger partial charge in [0, 0.05) is 11.6 Å². The summed E-state index contributed by atoms with van der Waals surface area (Å²) in [6, 6.07) is 14.7. The number of ether oxygens (including phenoxy) is 1. The van der Waals surface area contributed by atoms with E-state index in [2.05, 4.69) is 9.97 Å². The lowest BCUT2D eigenvalue weighted by molar-refractivity contribution is 0.345. The first-order valence-electron chi connectivity index (χ1n) is 6.38. The molecule has 0 amide bonds. The Bertz CT molecular complexity index is 916. The van der Waals surface area contributed by atoms with Crippen molar-refractivity contribution < 1.29 is 9.15 Å². The van der Waals surface area contributed by atoms with Crippen LogP contribution in [0.5, 0.6) is 11.8 Å². The van der Waals surface area contributed by atoms with E-state index in [4.69, 9.17) is 20.8 Å². The van der Waals surface area contributed by atoms with Crippen LogP contribution in [0.2, 0.25) is 5.02 Å². The zero-order chi connectivity index (χ0) is 14.2. The number of nitrogens with zero attached hydrogens (tertiary/aromatic N) is 2. The molecule has 21 heavy (non-hydrogen) atoms. The number of hydrogen-bond donors (Lipinski definition) is 0. The number of oxazole rings is 1. The lowest BCUT2D eigenvalue weighted by Crippen LogP contribution is -1.88. The van der Waals surface area contributed by atoms with Crippen LogP contribution < -0.4 is 4.74 Å². The summed E-state index contributed by atoms with van der Waals surface area (Å²) in [4.78, 5) is 8.60. The molecule has 0 spiro atoms. The number of halogens is 1. The van der Waals surface area contributed by atoms with Crippen molar-refractivity contribution >= 4 is 33.6 Å². The van der Waals surface area contributed by atoms with Crippen molar-refractivity contribution in [1.82, 2.24) is 9.97 Å². The van der Waals surface area contributed by atoms with Gasteiger partial charge in [0.05, 0.1) is 5.02 Å². The van der Waals surface area contributed by atoms with Gasteiger partial charge in [-0.3, -0.25) is 4.98 Å². The van der Waals surface area contributed by atoms with Gasteiger partial charge in [0.15, 0.2) is 11.3 Å². The molecule has 102 valence electrons. The molecule has 0 aliphatic carbocycles. The molecule has 0 N–H and O–H groups in total. The van der Waals surface area contributed by atoms with E-state index in [9.17, 15) is 0 Å². The van der Waals surface area contributed by atoms with Crippen LogP contribution >= 0.6 is 11.6 Å². The molecule has 4 nitrogen and oxygen atoms in total. The fraction of sp³-hybridized carbons (Fsp3) is 0. The largest absolute Gasteiger partial charge is 0.409 e. The lowest BCUT2D eigenvalue weighted by Gasteiger charge is -2.05.